The van der Waals surface area contributed by atoms with Gasteiger partial charge in [-0.1, -0.05) is 19.9 Å². The number of benzene rings is 1. The van der Waals surface area contributed by atoms with Crippen LogP contribution in [0.25, 0.3) is 0 Å². The molecule has 3 N–H and O–H groups in total. The highest BCUT2D eigenvalue weighted by molar-refractivity contribution is 5.40. The second-order valence-electron chi connectivity index (χ2n) is 6.06. The number of hydrogen-bond donors (Lipinski definition) is 3. The SMILES string of the molecule is CCC1(CC)CC(NC(C)c2ccc(O)cc2O)CCO1. The summed E-state index contributed by atoms with van der Waals surface area (Å²) in [6, 6.07) is 5.20. The normalized spacial score (nSPS) is 22.9. The Hall–Kier alpha value is -1.26. The lowest BCUT2D eigenvalue weighted by Gasteiger charge is -2.41. The zero-order valence-corrected chi connectivity index (χ0v) is 13.2. The standard InChI is InChI=1S/C17H27NO3/c1-4-17(5-2)11-13(8-9-21-17)18-12(3)15-7-6-14(19)10-16(15)20/h6-7,10,12-13,18-20H,4-5,8-9,11H2,1-3H3. The Balaban J connectivity index is 2.03. The molecule has 2 unspecified atom stereocenters. The Kier molecular flexibility index (Phi) is 5.12. The Morgan fingerprint density at radius 3 is 2.67 bits per heavy atom. The molecular formula is C17H27NO3. The van der Waals surface area contributed by atoms with Crippen LogP contribution in [0.4, 0.5) is 0 Å². The van der Waals surface area contributed by atoms with E-state index in [1.807, 2.05) is 6.92 Å². The highest BCUT2D eigenvalue weighted by Gasteiger charge is 2.35. The maximum Gasteiger partial charge on any atom is 0.124 e. The molecule has 0 bridgehead atoms. The summed E-state index contributed by atoms with van der Waals surface area (Å²) in [6.07, 6.45) is 4.05. The molecule has 0 radical (unpaired) electrons. The van der Waals surface area contributed by atoms with Crippen molar-refractivity contribution in [1.82, 2.24) is 5.32 Å². The van der Waals surface area contributed by atoms with Gasteiger partial charge in [0.2, 0.25) is 0 Å². The Morgan fingerprint density at radius 1 is 1.33 bits per heavy atom. The van der Waals surface area contributed by atoms with E-state index in [1.54, 1.807) is 12.1 Å². The van der Waals surface area contributed by atoms with Gasteiger partial charge in [-0.15, -0.1) is 0 Å². The van der Waals surface area contributed by atoms with Crippen molar-refractivity contribution < 1.29 is 14.9 Å². The molecule has 1 heterocycles. The van der Waals surface area contributed by atoms with Gasteiger partial charge in [0.15, 0.2) is 0 Å². The van der Waals surface area contributed by atoms with Crippen LogP contribution in [0.2, 0.25) is 0 Å². The van der Waals surface area contributed by atoms with Crippen molar-refractivity contribution in [3.63, 3.8) is 0 Å². The Morgan fingerprint density at radius 2 is 2.05 bits per heavy atom. The van der Waals surface area contributed by atoms with E-state index in [2.05, 4.69) is 19.2 Å². The molecule has 0 aliphatic carbocycles. The van der Waals surface area contributed by atoms with Crippen molar-refractivity contribution in [2.24, 2.45) is 0 Å². The van der Waals surface area contributed by atoms with E-state index in [0.29, 0.717) is 6.04 Å². The molecule has 4 nitrogen and oxygen atoms in total. The molecule has 1 fully saturated rings. The van der Waals surface area contributed by atoms with Crippen LogP contribution >= 0.6 is 0 Å². The monoisotopic (exact) mass is 293 g/mol. The molecule has 1 aromatic rings. The molecule has 1 saturated heterocycles. The van der Waals surface area contributed by atoms with E-state index < -0.39 is 0 Å². The van der Waals surface area contributed by atoms with Crippen molar-refractivity contribution in [2.45, 2.75) is 64.1 Å². The van der Waals surface area contributed by atoms with Crippen molar-refractivity contribution in [2.75, 3.05) is 6.61 Å². The van der Waals surface area contributed by atoms with E-state index >= 15 is 0 Å². The molecule has 2 rings (SSSR count). The maximum absolute atomic E-state index is 9.96. The number of nitrogens with one attached hydrogen (secondary N) is 1. The number of aromatic hydroxyl groups is 2. The molecule has 4 heteroatoms. The number of phenolic OH excluding ortho intramolecular Hbond substituents is 2. The molecule has 0 aromatic heterocycles. The van der Waals surface area contributed by atoms with E-state index in [4.69, 9.17) is 4.74 Å². The molecule has 0 spiro atoms. The van der Waals surface area contributed by atoms with Crippen molar-refractivity contribution in [3.8, 4) is 11.5 Å². The van der Waals surface area contributed by atoms with Crippen LogP contribution < -0.4 is 5.32 Å². The molecule has 1 aliphatic heterocycles. The van der Waals surface area contributed by atoms with Crippen molar-refractivity contribution in [3.05, 3.63) is 23.8 Å². The van der Waals surface area contributed by atoms with Crippen LogP contribution in [-0.2, 0) is 4.74 Å². The molecule has 0 amide bonds. The summed E-state index contributed by atoms with van der Waals surface area (Å²) in [7, 11) is 0. The first-order chi connectivity index (χ1) is 9.99. The fourth-order valence-corrected chi connectivity index (χ4v) is 3.25. The number of rotatable bonds is 5. The third-order valence-electron chi connectivity index (χ3n) is 4.75. The largest absolute Gasteiger partial charge is 0.508 e. The molecular weight excluding hydrogens is 266 g/mol. The lowest BCUT2D eigenvalue weighted by molar-refractivity contribution is -0.0939. The minimum atomic E-state index is -0.00730. The first-order valence-corrected chi connectivity index (χ1v) is 7.91. The lowest BCUT2D eigenvalue weighted by atomic mass is 9.85. The van der Waals surface area contributed by atoms with E-state index in [9.17, 15) is 10.2 Å². The van der Waals surface area contributed by atoms with Gasteiger partial charge in [-0.05, 0) is 38.7 Å². The highest BCUT2D eigenvalue weighted by Crippen LogP contribution is 2.33. The maximum atomic E-state index is 9.96. The summed E-state index contributed by atoms with van der Waals surface area (Å²) in [5.41, 5.74) is 0.810. The summed E-state index contributed by atoms with van der Waals surface area (Å²) >= 11 is 0. The minimum Gasteiger partial charge on any atom is -0.508 e. The first-order valence-electron chi connectivity index (χ1n) is 7.91. The number of phenols is 2. The summed E-state index contributed by atoms with van der Waals surface area (Å²) in [4.78, 5) is 0. The number of hydrogen-bond acceptors (Lipinski definition) is 4. The van der Waals surface area contributed by atoms with Crippen molar-refractivity contribution >= 4 is 0 Å². The molecule has 21 heavy (non-hydrogen) atoms. The lowest BCUT2D eigenvalue weighted by Crippen LogP contribution is -2.47. The van der Waals surface area contributed by atoms with Gasteiger partial charge in [-0.3, -0.25) is 0 Å². The fraction of sp³-hybridized carbons (Fsp3) is 0.647. The van der Waals surface area contributed by atoms with Gasteiger partial charge in [0.25, 0.3) is 0 Å². The second kappa shape index (κ2) is 6.67. The van der Waals surface area contributed by atoms with Gasteiger partial charge in [0.05, 0.1) is 5.60 Å². The molecule has 0 saturated carbocycles. The van der Waals surface area contributed by atoms with Crippen LogP contribution in [0, 0.1) is 0 Å². The zero-order chi connectivity index (χ0) is 15.5. The van der Waals surface area contributed by atoms with Crippen LogP contribution in [0.3, 0.4) is 0 Å². The Labute approximate surface area is 127 Å². The smallest absolute Gasteiger partial charge is 0.124 e. The van der Waals surface area contributed by atoms with Gasteiger partial charge in [0.1, 0.15) is 11.5 Å². The van der Waals surface area contributed by atoms with Gasteiger partial charge >= 0.3 is 0 Å². The van der Waals surface area contributed by atoms with Crippen LogP contribution in [0.1, 0.15) is 58.1 Å². The average Bonchev–Trinajstić information content (AvgIpc) is 2.47. The predicted octanol–water partition coefficient (Wildman–Crippen LogP) is 3.49. The van der Waals surface area contributed by atoms with Crippen LogP contribution in [0.5, 0.6) is 11.5 Å². The van der Waals surface area contributed by atoms with E-state index in [0.717, 1.165) is 37.9 Å². The average molecular weight is 293 g/mol. The van der Waals surface area contributed by atoms with Crippen molar-refractivity contribution in [1.29, 1.82) is 0 Å². The van der Waals surface area contributed by atoms with Gasteiger partial charge in [0, 0.05) is 30.3 Å². The van der Waals surface area contributed by atoms with E-state index in [-0.39, 0.29) is 23.1 Å². The fourth-order valence-electron chi connectivity index (χ4n) is 3.25. The molecule has 118 valence electrons. The van der Waals surface area contributed by atoms with Gasteiger partial charge in [-0.2, -0.15) is 0 Å². The predicted molar refractivity (Wildman–Crippen MR) is 83.6 cm³/mol. The highest BCUT2D eigenvalue weighted by atomic mass is 16.5. The van der Waals surface area contributed by atoms with Gasteiger partial charge < -0.3 is 20.3 Å². The molecule has 1 aliphatic rings. The third kappa shape index (κ3) is 3.69. The summed E-state index contributed by atoms with van der Waals surface area (Å²) in [6.45, 7) is 7.19. The van der Waals surface area contributed by atoms with Gasteiger partial charge in [-0.25, -0.2) is 0 Å². The topological polar surface area (TPSA) is 61.7 Å². The zero-order valence-electron chi connectivity index (χ0n) is 13.2. The third-order valence-corrected chi connectivity index (χ3v) is 4.75. The van der Waals surface area contributed by atoms with Crippen LogP contribution in [0.15, 0.2) is 18.2 Å². The Bertz CT molecular complexity index is 471. The first kappa shape index (κ1) is 16.1. The summed E-state index contributed by atoms with van der Waals surface area (Å²) < 4.78 is 6.00. The van der Waals surface area contributed by atoms with E-state index in [1.165, 1.54) is 6.07 Å². The minimum absolute atomic E-state index is 0.00730. The second-order valence-corrected chi connectivity index (χ2v) is 6.06. The summed E-state index contributed by atoms with van der Waals surface area (Å²) in [5, 5.41) is 22.9. The molecule has 1 aromatic carbocycles. The summed E-state index contributed by atoms with van der Waals surface area (Å²) in [5.74, 6) is 0.227. The van der Waals surface area contributed by atoms with Crippen LogP contribution in [-0.4, -0.2) is 28.5 Å². The number of ether oxygens (including phenoxy) is 1. The molecule has 2 atom stereocenters. The quantitative estimate of drug-likeness (QED) is 0.777.